The molecule has 0 aliphatic rings. The van der Waals surface area contributed by atoms with E-state index in [1.165, 1.54) is 31.3 Å². The fraction of sp³-hybridized carbons (Fsp3) is 0.733. The van der Waals surface area contributed by atoms with Crippen LogP contribution in [-0.2, 0) is 4.74 Å². The van der Waals surface area contributed by atoms with Crippen molar-refractivity contribution in [2.45, 2.75) is 32.6 Å². The summed E-state index contributed by atoms with van der Waals surface area (Å²) in [7, 11) is 4.76. The molecule has 24 heavy (non-hydrogen) atoms. The fourth-order valence-corrected chi connectivity index (χ4v) is 1.79. The number of nitrogens with one attached hydrogen (secondary N) is 2. The predicted octanol–water partition coefficient (Wildman–Crippen LogP) is 1.98. The van der Waals surface area contributed by atoms with E-state index < -0.39 is 0 Å². The van der Waals surface area contributed by atoms with E-state index in [9.17, 15) is 4.79 Å². The molecule has 0 spiro atoms. The largest absolute Gasteiger partial charge is 0.467 e. The van der Waals surface area contributed by atoms with E-state index in [1.54, 1.807) is 14.1 Å². The van der Waals surface area contributed by atoms with Crippen molar-refractivity contribution in [3.63, 3.8) is 0 Å². The number of carbonyl (C=O) groups is 1. The van der Waals surface area contributed by atoms with Crippen molar-refractivity contribution >= 4 is 18.0 Å². The van der Waals surface area contributed by atoms with E-state index in [1.807, 2.05) is 0 Å². The molecule has 0 saturated carbocycles. The smallest absolute Gasteiger partial charge is 0.409 e. The summed E-state index contributed by atoms with van der Waals surface area (Å²) in [5.41, 5.74) is 0. The number of anilines is 2. The maximum Gasteiger partial charge on any atom is 0.409 e. The van der Waals surface area contributed by atoms with Gasteiger partial charge in [-0.25, -0.2) is 4.79 Å². The minimum Gasteiger partial charge on any atom is -0.467 e. The van der Waals surface area contributed by atoms with Gasteiger partial charge in [0.1, 0.15) is 6.61 Å². The van der Waals surface area contributed by atoms with Crippen LogP contribution in [0, 0.1) is 0 Å². The topological polar surface area (TPSA) is 102 Å². The summed E-state index contributed by atoms with van der Waals surface area (Å²) in [5.74, 6) is 0.838. The molecule has 136 valence electrons. The second-order valence-corrected chi connectivity index (χ2v) is 5.39. The molecule has 1 aromatic rings. The molecule has 1 aromatic heterocycles. The lowest BCUT2D eigenvalue weighted by Crippen LogP contribution is -2.25. The number of amides is 1. The first kappa shape index (κ1) is 19.7. The lowest BCUT2D eigenvalue weighted by molar-refractivity contribution is 0.122. The van der Waals surface area contributed by atoms with Gasteiger partial charge in [-0.3, -0.25) is 0 Å². The SMILES string of the molecule is CCCCCCNc1nc(NCCOC(=O)N(C)C)nc(OC)n1. The lowest BCUT2D eigenvalue weighted by Gasteiger charge is -2.12. The lowest BCUT2D eigenvalue weighted by atomic mass is 10.2. The molecular weight excluding hydrogens is 312 g/mol. The van der Waals surface area contributed by atoms with Crippen LogP contribution in [-0.4, -0.2) is 66.8 Å². The Balaban J connectivity index is 2.45. The van der Waals surface area contributed by atoms with Crippen LogP contribution in [0.15, 0.2) is 0 Å². The molecule has 0 atom stereocenters. The van der Waals surface area contributed by atoms with Gasteiger partial charge in [-0.15, -0.1) is 0 Å². The predicted molar refractivity (Wildman–Crippen MR) is 92.5 cm³/mol. The van der Waals surface area contributed by atoms with Crippen LogP contribution >= 0.6 is 0 Å². The average molecular weight is 340 g/mol. The highest BCUT2D eigenvalue weighted by molar-refractivity contribution is 5.66. The summed E-state index contributed by atoms with van der Waals surface area (Å²) in [6, 6.07) is 0.230. The van der Waals surface area contributed by atoms with E-state index in [0.717, 1.165) is 13.0 Å². The fourth-order valence-electron chi connectivity index (χ4n) is 1.79. The van der Waals surface area contributed by atoms with Crippen LogP contribution in [0.3, 0.4) is 0 Å². The van der Waals surface area contributed by atoms with Gasteiger partial charge in [0.25, 0.3) is 0 Å². The van der Waals surface area contributed by atoms with Gasteiger partial charge in [-0.05, 0) is 6.42 Å². The minimum absolute atomic E-state index is 0.213. The number of hydrogen-bond acceptors (Lipinski definition) is 8. The third kappa shape index (κ3) is 7.80. The average Bonchev–Trinajstić information content (AvgIpc) is 2.58. The van der Waals surface area contributed by atoms with Gasteiger partial charge in [-0.1, -0.05) is 26.2 Å². The summed E-state index contributed by atoms with van der Waals surface area (Å²) in [6.07, 6.45) is 4.27. The normalized spacial score (nSPS) is 10.2. The standard InChI is InChI=1S/C15H28N6O3/c1-5-6-7-8-9-16-12-18-13(20-14(19-12)23-4)17-10-11-24-15(22)21(2)3/h5-11H2,1-4H3,(H2,16,17,18,19,20). The van der Waals surface area contributed by atoms with Crippen molar-refractivity contribution in [3.8, 4) is 6.01 Å². The molecule has 0 unspecified atom stereocenters. The zero-order chi connectivity index (χ0) is 17.8. The molecule has 9 heteroatoms. The molecule has 2 N–H and O–H groups in total. The van der Waals surface area contributed by atoms with Crippen molar-refractivity contribution in [1.29, 1.82) is 0 Å². The highest BCUT2D eigenvalue weighted by atomic mass is 16.6. The monoisotopic (exact) mass is 340 g/mol. The van der Waals surface area contributed by atoms with Crippen molar-refractivity contribution < 1.29 is 14.3 Å². The van der Waals surface area contributed by atoms with Gasteiger partial charge in [0.05, 0.1) is 13.7 Å². The molecule has 0 aliphatic carbocycles. The number of unbranched alkanes of at least 4 members (excludes halogenated alkanes) is 3. The Bertz CT molecular complexity index is 498. The van der Waals surface area contributed by atoms with Gasteiger partial charge in [0.15, 0.2) is 0 Å². The van der Waals surface area contributed by atoms with E-state index in [2.05, 4.69) is 32.5 Å². The molecule has 0 aliphatic heterocycles. The second-order valence-electron chi connectivity index (χ2n) is 5.39. The molecular formula is C15H28N6O3. The highest BCUT2D eigenvalue weighted by Gasteiger charge is 2.07. The molecule has 0 fully saturated rings. The quantitative estimate of drug-likeness (QED) is 0.590. The van der Waals surface area contributed by atoms with Crippen LogP contribution in [0.5, 0.6) is 6.01 Å². The Morgan fingerprint density at radius 1 is 1.04 bits per heavy atom. The molecule has 1 heterocycles. The van der Waals surface area contributed by atoms with Gasteiger partial charge >= 0.3 is 12.1 Å². The first-order valence-corrected chi connectivity index (χ1v) is 8.18. The van der Waals surface area contributed by atoms with E-state index in [4.69, 9.17) is 9.47 Å². The maximum atomic E-state index is 11.3. The van der Waals surface area contributed by atoms with Gasteiger partial charge in [0.2, 0.25) is 11.9 Å². The van der Waals surface area contributed by atoms with Crippen LogP contribution in [0.1, 0.15) is 32.6 Å². The summed E-state index contributed by atoms with van der Waals surface area (Å²) in [6.45, 7) is 3.58. The number of aromatic nitrogens is 3. The number of nitrogens with zero attached hydrogens (tertiary/aromatic N) is 4. The van der Waals surface area contributed by atoms with Crippen LogP contribution < -0.4 is 15.4 Å². The van der Waals surface area contributed by atoms with E-state index >= 15 is 0 Å². The molecule has 0 saturated heterocycles. The molecule has 9 nitrogen and oxygen atoms in total. The molecule has 0 aromatic carbocycles. The minimum atomic E-state index is -0.389. The highest BCUT2D eigenvalue weighted by Crippen LogP contribution is 2.11. The number of hydrogen-bond donors (Lipinski definition) is 2. The first-order valence-electron chi connectivity index (χ1n) is 8.18. The molecule has 0 radical (unpaired) electrons. The molecule has 1 rings (SSSR count). The van der Waals surface area contributed by atoms with Crippen LogP contribution in [0.4, 0.5) is 16.7 Å². The summed E-state index contributed by atoms with van der Waals surface area (Å²) < 4.78 is 10.1. The van der Waals surface area contributed by atoms with E-state index in [-0.39, 0.29) is 18.7 Å². The van der Waals surface area contributed by atoms with Crippen molar-refractivity contribution in [1.82, 2.24) is 19.9 Å². The zero-order valence-corrected chi connectivity index (χ0v) is 15.0. The Hall–Kier alpha value is -2.32. The van der Waals surface area contributed by atoms with Crippen LogP contribution in [0.2, 0.25) is 0 Å². The number of ether oxygens (including phenoxy) is 2. The summed E-state index contributed by atoms with van der Waals surface area (Å²) in [4.78, 5) is 25.2. The number of methoxy groups -OCH3 is 1. The van der Waals surface area contributed by atoms with Gasteiger partial charge in [0, 0.05) is 20.6 Å². The van der Waals surface area contributed by atoms with Crippen molar-refractivity contribution in [3.05, 3.63) is 0 Å². The first-order chi connectivity index (χ1) is 11.6. The third-order valence-corrected chi connectivity index (χ3v) is 3.09. The Morgan fingerprint density at radius 3 is 2.29 bits per heavy atom. The molecule has 1 amide bonds. The van der Waals surface area contributed by atoms with E-state index in [0.29, 0.717) is 18.4 Å². The van der Waals surface area contributed by atoms with Gasteiger partial charge < -0.3 is 25.0 Å². The van der Waals surface area contributed by atoms with Gasteiger partial charge in [-0.2, -0.15) is 15.0 Å². The second kappa shape index (κ2) is 11.3. The summed E-state index contributed by atoms with van der Waals surface area (Å²) in [5, 5.41) is 6.15. The Morgan fingerprint density at radius 2 is 1.71 bits per heavy atom. The number of carbonyl (C=O) groups excluding carboxylic acids is 1. The third-order valence-electron chi connectivity index (χ3n) is 3.09. The Labute approximate surface area is 143 Å². The van der Waals surface area contributed by atoms with Crippen molar-refractivity contribution in [2.75, 3.05) is 51.5 Å². The Kier molecular flexibility index (Phi) is 9.25. The summed E-state index contributed by atoms with van der Waals surface area (Å²) >= 11 is 0. The zero-order valence-electron chi connectivity index (χ0n) is 15.0. The molecule has 0 bridgehead atoms. The maximum absolute atomic E-state index is 11.3. The van der Waals surface area contributed by atoms with Crippen molar-refractivity contribution in [2.24, 2.45) is 0 Å². The van der Waals surface area contributed by atoms with Crippen LogP contribution in [0.25, 0.3) is 0 Å². The number of rotatable bonds is 11.